The van der Waals surface area contributed by atoms with Crippen molar-refractivity contribution < 1.29 is 9.90 Å². The number of anilines is 1. The normalized spacial score (nSPS) is 17.7. The van der Waals surface area contributed by atoms with Crippen molar-refractivity contribution in [3.63, 3.8) is 0 Å². The highest BCUT2D eigenvalue weighted by molar-refractivity contribution is 6.34. The van der Waals surface area contributed by atoms with Crippen LogP contribution in [-0.4, -0.2) is 34.6 Å². The number of amides is 1. The fourth-order valence-corrected chi connectivity index (χ4v) is 2.20. The van der Waals surface area contributed by atoms with Gasteiger partial charge in [0.2, 0.25) is 0 Å². The lowest BCUT2D eigenvalue weighted by Crippen LogP contribution is -2.65. The van der Waals surface area contributed by atoms with Gasteiger partial charge in [0, 0.05) is 5.69 Å². The van der Waals surface area contributed by atoms with Crippen molar-refractivity contribution in [1.82, 2.24) is 4.90 Å². The first-order valence-electron chi connectivity index (χ1n) is 5.90. The molecule has 2 rings (SSSR count). The van der Waals surface area contributed by atoms with E-state index in [0.717, 1.165) is 0 Å². The number of nitrogens with two attached hydrogens (primary N) is 1. The summed E-state index contributed by atoms with van der Waals surface area (Å²) in [6.45, 7) is 4.56. The van der Waals surface area contributed by atoms with Gasteiger partial charge in [-0.15, -0.1) is 0 Å². The van der Waals surface area contributed by atoms with Crippen LogP contribution in [0.3, 0.4) is 0 Å². The molecular weight excluding hydrogens is 252 g/mol. The first kappa shape index (κ1) is 13.2. The van der Waals surface area contributed by atoms with Crippen molar-refractivity contribution >= 4 is 23.2 Å². The van der Waals surface area contributed by atoms with Crippen LogP contribution in [0.4, 0.5) is 5.69 Å². The maximum atomic E-state index is 12.2. The minimum Gasteiger partial charge on any atom is -0.399 e. The summed E-state index contributed by atoms with van der Waals surface area (Å²) in [5, 5.41) is 10.5. The summed E-state index contributed by atoms with van der Waals surface area (Å²) in [5.41, 5.74) is 5.77. The molecule has 3 N–H and O–H groups in total. The van der Waals surface area contributed by atoms with Gasteiger partial charge in [-0.3, -0.25) is 4.79 Å². The highest BCUT2D eigenvalue weighted by Gasteiger charge is 2.46. The highest BCUT2D eigenvalue weighted by atomic mass is 35.5. The van der Waals surface area contributed by atoms with Crippen LogP contribution in [0.1, 0.15) is 24.2 Å². The quantitative estimate of drug-likeness (QED) is 0.804. The molecule has 1 heterocycles. The predicted octanol–water partition coefficient (Wildman–Crippen LogP) is 1.77. The van der Waals surface area contributed by atoms with E-state index in [9.17, 15) is 9.90 Å². The van der Waals surface area contributed by atoms with Crippen LogP contribution >= 0.6 is 11.6 Å². The Hall–Kier alpha value is -1.26. The van der Waals surface area contributed by atoms with Crippen molar-refractivity contribution in [1.29, 1.82) is 0 Å². The zero-order chi connectivity index (χ0) is 13.5. The Bertz CT molecular complexity index is 482. The van der Waals surface area contributed by atoms with Crippen molar-refractivity contribution in [3.8, 4) is 0 Å². The topological polar surface area (TPSA) is 66.6 Å². The number of carbonyl (C=O) groups excluding carboxylic acids is 1. The number of nitrogen functional groups attached to an aromatic ring is 1. The molecule has 1 aromatic carbocycles. The van der Waals surface area contributed by atoms with Crippen LogP contribution in [-0.2, 0) is 0 Å². The second-order valence-corrected chi connectivity index (χ2v) is 5.57. The summed E-state index contributed by atoms with van der Waals surface area (Å²) in [5.74, 6) is -0.0597. The number of benzene rings is 1. The molecule has 0 unspecified atom stereocenters. The maximum Gasteiger partial charge on any atom is 0.255 e. The van der Waals surface area contributed by atoms with E-state index in [1.54, 1.807) is 23.1 Å². The third-order valence-electron chi connectivity index (χ3n) is 3.51. The molecule has 1 aromatic rings. The van der Waals surface area contributed by atoms with Gasteiger partial charge in [0.05, 0.1) is 23.7 Å². The Morgan fingerprint density at radius 1 is 1.50 bits per heavy atom. The molecule has 1 aliphatic rings. The van der Waals surface area contributed by atoms with Crippen LogP contribution in [0.2, 0.25) is 5.02 Å². The summed E-state index contributed by atoms with van der Waals surface area (Å²) >= 11 is 5.98. The molecule has 0 spiro atoms. The van der Waals surface area contributed by atoms with Crippen molar-refractivity contribution in [3.05, 3.63) is 28.8 Å². The Morgan fingerprint density at radius 2 is 2.11 bits per heavy atom. The first-order valence-corrected chi connectivity index (χ1v) is 6.28. The second kappa shape index (κ2) is 4.44. The molecule has 0 aromatic heterocycles. The monoisotopic (exact) mass is 268 g/mol. The smallest absolute Gasteiger partial charge is 0.255 e. The van der Waals surface area contributed by atoms with Crippen LogP contribution in [0, 0.1) is 5.92 Å². The predicted molar refractivity (Wildman–Crippen MR) is 71.6 cm³/mol. The number of hydrogen-bond donors (Lipinski definition) is 2. The SMILES string of the molecule is CC(C)C1(O)CN(C(=O)c2cc(N)ccc2Cl)C1. The Morgan fingerprint density at radius 3 is 2.67 bits per heavy atom. The lowest BCUT2D eigenvalue weighted by molar-refractivity contribution is -0.110. The highest BCUT2D eigenvalue weighted by Crippen LogP contribution is 2.31. The molecule has 18 heavy (non-hydrogen) atoms. The van der Waals surface area contributed by atoms with E-state index >= 15 is 0 Å². The molecule has 5 heteroatoms. The van der Waals surface area contributed by atoms with Gasteiger partial charge in [-0.05, 0) is 24.1 Å². The van der Waals surface area contributed by atoms with Crippen LogP contribution in [0.15, 0.2) is 18.2 Å². The standard InChI is InChI=1S/C13H17ClN2O2/c1-8(2)13(18)6-16(7-13)12(17)10-5-9(15)3-4-11(10)14/h3-5,8,18H,6-7,15H2,1-2H3. The lowest BCUT2D eigenvalue weighted by atomic mass is 9.82. The lowest BCUT2D eigenvalue weighted by Gasteiger charge is -2.49. The molecule has 1 amide bonds. The van der Waals surface area contributed by atoms with E-state index in [1.807, 2.05) is 13.8 Å². The third kappa shape index (κ3) is 2.18. The summed E-state index contributed by atoms with van der Waals surface area (Å²) in [7, 11) is 0. The van der Waals surface area contributed by atoms with Crippen LogP contribution in [0.5, 0.6) is 0 Å². The number of hydrogen-bond acceptors (Lipinski definition) is 3. The van der Waals surface area contributed by atoms with Gasteiger partial charge in [-0.2, -0.15) is 0 Å². The molecule has 1 saturated heterocycles. The van der Waals surface area contributed by atoms with Gasteiger partial charge < -0.3 is 15.7 Å². The fourth-order valence-electron chi connectivity index (χ4n) is 2.00. The van der Waals surface area contributed by atoms with Crippen molar-refractivity contribution in [2.75, 3.05) is 18.8 Å². The van der Waals surface area contributed by atoms with Gasteiger partial charge in [0.1, 0.15) is 5.60 Å². The number of halogens is 1. The average molecular weight is 269 g/mol. The second-order valence-electron chi connectivity index (χ2n) is 5.16. The largest absolute Gasteiger partial charge is 0.399 e. The van der Waals surface area contributed by atoms with Gasteiger partial charge >= 0.3 is 0 Å². The fraction of sp³-hybridized carbons (Fsp3) is 0.462. The third-order valence-corrected chi connectivity index (χ3v) is 3.84. The van der Waals surface area contributed by atoms with Gasteiger partial charge in [0.25, 0.3) is 5.91 Å². The minimum atomic E-state index is -0.775. The summed E-state index contributed by atoms with van der Waals surface area (Å²) in [4.78, 5) is 13.8. The zero-order valence-corrected chi connectivity index (χ0v) is 11.2. The van der Waals surface area contributed by atoms with E-state index in [4.69, 9.17) is 17.3 Å². The number of aliphatic hydroxyl groups is 1. The average Bonchev–Trinajstić information content (AvgIpc) is 2.27. The molecule has 0 bridgehead atoms. The molecule has 1 fully saturated rings. The Labute approximate surface area is 111 Å². The van der Waals surface area contributed by atoms with Crippen LogP contribution < -0.4 is 5.73 Å². The maximum absolute atomic E-state index is 12.2. The number of β-amino-alcohol motifs (C(OH)–C–C–N with tert-alkyl or cyclic N) is 1. The van der Waals surface area contributed by atoms with E-state index in [1.165, 1.54) is 0 Å². The number of carbonyl (C=O) groups is 1. The summed E-state index contributed by atoms with van der Waals surface area (Å²) in [6, 6.07) is 4.83. The van der Waals surface area contributed by atoms with E-state index < -0.39 is 5.60 Å². The van der Waals surface area contributed by atoms with E-state index in [0.29, 0.717) is 29.4 Å². The zero-order valence-electron chi connectivity index (χ0n) is 10.5. The van der Waals surface area contributed by atoms with Gasteiger partial charge in [-0.1, -0.05) is 25.4 Å². The Kier molecular flexibility index (Phi) is 3.25. The Balaban J connectivity index is 2.13. The number of rotatable bonds is 2. The van der Waals surface area contributed by atoms with Crippen LogP contribution in [0.25, 0.3) is 0 Å². The molecule has 1 aliphatic heterocycles. The number of likely N-dealkylation sites (tertiary alicyclic amines) is 1. The van der Waals surface area contributed by atoms with Crippen molar-refractivity contribution in [2.24, 2.45) is 5.92 Å². The molecule has 0 radical (unpaired) electrons. The first-order chi connectivity index (χ1) is 8.33. The molecule has 0 saturated carbocycles. The van der Waals surface area contributed by atoms with Gasteiger partial charge in [-0.25, -0.2) is 0 Å². The van der Waals surface area contributed by atoms with Gasteiger partial charge in [0.15, 0.2) is 0 Å². The van der Waals surface area contributed by atoms with E-state index in [2.05, 4.69) is 0 Å². The minimum absolute atomic E-state index is 0.123. The molecule has 0 atom stereocenters. The van der Waals surface area contributed by atoms with E-state index in [-0.39, 0.29) is 11.8 Å². The molecule has 0 aliphatic carbocycles. The summed E-state index contributed by atoms with van der Waals surface area (Å²) in [6.07, 6.45) is 0. The molecule has 98 valence electrons. The molecule has 4 nitrogen and oxygen atoms in total. The summed E-state index contributed by atoms with van der Waals surface area (Å²) < 4.78 is 0. The number of nitrogens with zero attached hydrogens (tertiary/aromatic N) is 1. The van der Waals surface area contributed by atoms with Crippen molar-refractivity contribution in [2.45, 2.75) is 19.4 Å². The molecular formula is C13H17ClN2O2.